The van der Waals surface area contributed by atoms with Gasteiger partial charge in [-0.2, -0.15) is 5.10 Å². The average Bonchev–Trinajstić information content (AvgIpc) is 3.60. The molecule has 0 saturated carbocycles. The number of fused-ring (bicyclic) bond motifs is 3. The SMILES string of the molecule is O=C(Nc1ccnn1C1CCN(Cc2cccc3c2oc2ccccc23)CC1)[C@H]1CCOC1. The number of piperidine rings is 1. The van der Waals surface area contributed by atoms with Crippen molar-refractivity contribution in [3.05, 3.63) is 60.3 Å². The fraction of sp³-hybridized carbons (Fsp3) is 0.385. The highest BCUT2D eigenvalue weighted by molar-refractivity contribution is 6.05. The lowest BCUT2D eigenvalue weighted by Gasteiger charge is -2.32. The second kappa shape index (κ2) is 8.65. The summed E-state index contributed by atoms with van der Waals surface area (Å²) in [7, 11) is 0. The predicted octanol–water partition coefficient (Wildman–Crippen LogP) is 4.59. The number of anilines is 1. The van der Waals surface area contributed by atoms with Crippen molar-refractivity contribution < 1.29 is 13.9 Å². The number of aromatic nitrogens is 2. The molecule has 4 heterocycles. The van der Waals surface area contributed by atoms with Gasteiger partial charge < -0.3 is 14.5 Å². The van der Waals surface area contributed by atoms with Crippen LogP contribution in [0, 0.1) is 5.92 Å². The van der Waals surface area contributed by atoms with Crippen LogP contribution in [0.2, 0.25) is 0 Å². The summed E-state index contributed by atoms with van der Waals surface area (Å²) in [6, 6.07) is 16.8. The van der Waals surface area contributed by atoms with Gasteiger partial charge in [-0.3, -0.25) is 9.69 Å². The average molecular weight is 445 g/mol. The Bertz CT molecular complexity index is 1280. The van der Waals surface area contributed by atoms with Crippen molar-refractivity contribution in [3.63, 3.8) is 0 Å². The largest absolute Gasteiger partial charge is 0.456 e. The maximum Gasteiger partial charge on any atom is 0.231 e. The van der Waals surface area contributed by atoms with E-state index in [9.17, 15) is 4.79 Å². The summed E-state index contributed by atoms with van der Waals surface area (Å²) in [5.41, 5.74) is 3.16. The number of rotatable bonds is 5. The molecule has 1 N–H and O–H groups in total. The van der Waals surface area contributed by atoms with Gasteiger partial charge in [0.25, 0.3) is 0 Å². The number of nitrogens with zero attached hydrogens (tertiary/aromatic N) is 3. The molecule has 1 amide bonds. The van der Waals surface area contributed by atoms with Gasteiger partial charge in [0, 0.05) is 48.6 Å². The minimum atomic E-state index is -0.0591. The molecule has 0 radical (unpaired) electrons. The first-order chi connectivity index (χ1) is 16.3. The molecule has 4 aromatic rings. The summed E-state index contributed by atoms with van der Waals surface area (Å²) in [6.07, 6.45) is 4.55. The first-order valence-electron chi connectivity index (χ1n) is 11.8. The van der Waals surface area contributed by atoms with E-state index in [0.29, 0.717) is 13.2 Å². The van der Waals surface area contributed by atoms with Gasteiger partial charge in [0.05, 0.1) is 24.8 Å². The number of benzene rings is 2. The van der Waals surface area contributed by atoms with Crippen LogP contribution in [-0.4, -0.2) is 46.9 Å². The molecule has 0 unspecified atom stereocenters. The standard InChI is InChI=1S/C26H28N4O3/c31-26(19-11-15-32-17-19)28-24-8-12-27-30(24)20-9-13-29(14-10-20)16-18-4-3-6-22-21-5-1-2-7-23(21)33-25(18)22/h1-8,12,19-20H,9-11,13-17H2,(H,28,31)/t19-/m0/s1. The number of nitrogens with one attached hydrogen (secondary N) is 1. The van der Waals surface area contributed by atoms with E-state index >= 15 is 0 Å². The molecule has 2 aliphatic rings. The molecule has 2 aliphatic heterocycles. The molecule has 2 aromatic heterocycles. The van der Waals surface area contributed by atoms with Crippen molar-refractivity contribution >= 4 is 33.7 Å². The van der Waals surface area contributed by atoms with Gasteiger partial charge in [-0.05, 0) is 25.3 Å². The molecule has 6 rings (SSSR count). The summed E-state index contributed by atoms with van der Waals surface area (Å²) >= 11 is 0. The van der Waals surface area contributed by atoms with Crippen LogP contribution < -0.4 is 5.32 Å². The maximum absolute atomic E-state index is 12.5. The first-order valence-corrected chi connectivity index (χ1v) is 11.8. The predicted molar refractivity (Wildman–Crippen MR) is 127 cm³/mol. The van der Waals surface area contributed by atoms with Gasteiger partial charge in [-0.1, -0.05) is 36.4 Å². The van der Waals surface area contributed by atoms with Crippen molar-refractivity contribution in [3.8, 4) is 0 Å². The van der Waals surface area contributed by atoms with Crippen molar-refractivity contribution in [2.24, 2.45) is 5.92 Å². The van der Waals surface area contributed by atoms with Gasteiger partial charge in [0.2, 0.25) is 5.91 Å². The first kappa shape index (κ1) is 20.4. The van der Waals surface area contributed by atoms with Crippen molar-refractivity contribution in [2.75, 3.05) is 31.6 Å². The fourth-order valence-corrected chi connectivity index (χ4v) is 5.17. The normalized spacial score (nSPS) is 20.1. The van der Waals surface area contributed by atoms with E-state index in [1.807, 2.05) is 22.9 Å². The van der Waals surface area contributed by atoms with E-state index in [-0.39, 0.29) is 17.9 Å². The molecule has 0 aliphatic carbocycles. The smallest absolute Gasteiger partial charge is 0.231 e. The molecule has 7 heteroatoms. The molecule has 2 saturated heterocycles. The van der Waals surface area contributed by atoms with E-state index in [0.717, 1.165) is 55.9 Å². The highest BCUT2D eigenvalue weighted by atomic mass is 16.5. The Morgan fingerprint density at radius 1 is 1.03 bits per heavy atom. The molecular formula is C26H28N4O3. The quantitative estimate of drug-likeness (QED) is 0.487. The lowest BCUT2D eigenvalue weighted by Crippen LogP contribution is -2.35. The van der Waals surface area contributed by atoms with Crippen LogP contribution in [0.25, 0.3) is 21.9 Å². The van der Waals surface area contributed by atoms with Gasteiger partial charge >= 0.3 is 0 Å². The number of amides is 1. The minimum absolute atomic E-state index is 0.0330. The van der Waals surface area contributed by atoms with E-state index < -0.39 is 0 Å². The second-order valence-electron chi connectivity index (χ2n) is 9.11. The van der Waals surface area contributed by atoms with E-state index in [1.54, 1.807) is 6.20 Å². The van der Waals surface area contributed by atoms with Crippen LogP contribution in [0.15, 0.2) is 59.1 Å². The number of furan rings is 1. The fourth-order valence-electron chi connectivity index (χ4n) is 5.17. The van der Waals surface area contributed by atoms with Gasteiger partial charge in [-0.15, -0.1) is 0 Å². The minimum Gasteiger partial charge on any atom is -0.456 e. The van der Waals surface area contributed by atoms with Gasteiger partial charge in [-0.25, -0.2) is 4.68 Å². The Morgan fingerprint density at radius 3 is 2.73 bits per heavy atom. The van der Waals surface area contributed by atoms with E-state index in [2.05, 4.69) is 45.6 Å². The Morgan fingerprint density at radius 2 is 1.88 bits per heavy atom. The van der Waals surface area contributed by atoms with Crippen molar-refractivity contribution in [1.82, 2.24) is 14.7 Å². The molecule has 0 spiro atoms. The van der Waals surface area contributed by atoms with Gasteiger partial charge in [0.1, 0.15) is 17.0 Å². The zero-order chi connectivity index (χ0) is 22.2. The molecule has 0 bridgehead atoms. The summed E-state index contributed by atoms with van der Waals surface area (Å²) in [5.74, 6) is 0.763. The van der Waals surface area contributed by atoms with Crippen LogP contribution in [0.3, 0.4) is 0 Å². The summed E-state index contributed by atoms with van der Waals surface area (Å²) in [6.45, 7) is 4.00. The third-order valence-corrected chi connectivity index (χ3v) is 7.00. The third kappa shape index (κ3) is 3.92. The number of para-hydroxylation sites is 2. The maximum atomic E-state index is 12.5. The van der Waals surface area contributed by atoms with Crippen LogP contribution >= 0.6 is 0 Å². The number of carbonyl (C=O) groups excluding carboxylic acids is 1. The number of carbonyl (C=O) groups is 1. The number of hydrogen-bond donors (Lipinski definition) is 1. The zero-order valence-electron chi connectivity index (χ0n) is 18.6. The summed E-state index contributed by atoms with van der Waals surface area (Å²) in [5, 5.41) is 9.95. The Labute approximate surface area is 192 Å². The van der Waals surface area contributed by atoms with Crippen LogP contribution in [0.5, 0.6) is 0 Å². The molecule has 1 atom stereocenters. The van der Waals surface area contributed by atoms with Crippen molar-refractivity contribution in [1.29, 1.82) is 0 Å². The summed E-state index contributed by atoms with van der Waals surface area (Å²) in [4.78, 5) is 15.0. The van der Waals surface area contributed by atoms with Gasteiger partial charge in [0.15, 0.2) is 0 Å². The monoisotopic (exact) mass is 444 g/mol. The van der Waals surface area contributed by atoms with Crippen LogP contribution in [0.4, 0.5) is 5.82 Å². The lowest BCUT2D eigenvalue weighted by molar-refractivity contribution is -0.119. The highest BCUT2D eigenvalue weighted by Crippen LogP contribution is 2.32. The topological polar surface area (TPSA) is 72.5 Å². The Balaban J connectivity index is 1.13. The van der Waals surface area contributed by atoms with Crippen LogP contribution in [0.1, 0.15) is 30.9 Å². The lowest BCUT2D eigenvalue weighted by atomic mass is 10.0. The summed E-state index contributed by atoms with van der Waals surface area (Å²) < 4.78 is 13.6. The van der Waals surface area contributed by atoms with E-state index in [4.69, 9.17) is 9.15 Å². The molecule has 33 heavy (non-hydrogen) atoms. The Hall–Kier alpha value is -3.16. The molecular weight excluding hydrogens is 416 g/mol. The molecule has 7 nitrogen and oxygen atoms in total. The second-order valence-corrected chi connectivity index (χ2v) is 9.11. The Kier molecular flexibility index (Phi) is 5.36. The molecule has 170 valence electrons. The van der Waals surface area contributed by atoms with Crippen molar-refractivity contribution in [2.45, 2.75) is 31.8 Å². The number of ether oxygens (including phenoxy) is 1. The van der Waals surface area contributed by atoms with Crippen LogP contribution in [-0.2, 0) is 16.1 Å². The zero-order valence-corrected chi connectivity index (χ0v) is 18.6. The van der Waals surface area contributed by atoms with E-state index in [1.165, 1.54) is 16.3 Å². The highest BCUT2D eigenvalue weighted by Gasteiger charge is 2.27. The molecule has 2 fully saturated rings. The molecule has 2 aromatic carbocycles. The number of hydrogen-bond acceptors (Lipinski definition) is 5. The third-order valence-electron chi connectivity index (χ3n) is 7.00. The number of likely N-dealkylation sites (tertiary alicyclic amines) is 1.